The smallest absolute Gasteiger partial charge is 0.228 e. The number of ether oxygens (including phenoxy) is 1. The van der Waals surface area contributed by atoms with E-state index in [1.54, 1.807) is 7.11 Å². The monoisotopic (exact) mass is 435 g/mol. The molecular formula is C24H33N7O. The third kappa shape index (κ3) is 3.70. The molecule has 3 atom stereocenters. The molecule has 4 aliphatic rings. The Morgan fingerprint density at radius 3 is 2.94 bits per heavy atom. The van der Waals surface area contributed by atoms with Gasteiger partial charge in [-0.25, -0.2) is 4.98 Å². The highest BCUT2D eigenvalue weighted by molar-refractivity contribution is 5.55. The zero-order chi connectivity index (χ0) is 21.7. The van der Waals surface area contributed by atoms with E-state index in [2.05, 4.69) is 45.1 Å². The lowest BCUT2D eigenvalue weighted by molar-refractivity contribution is 0.305. The number of methoxy groups -OCH3 is 1. The summed E-state index contributed by atoms with van der Waals surface area (Å²) in [6.45, 7) is 4.68. The molecule has 1 aromatic carbocycles. The molecule has 8 heteroatoms. The Morgan fingerprint density at radius 1 is 1.12 bits per heavy atom. The van der Waals surface area contributed by atoms with Crippen LogP contribution in [0.3, 0.4) is 0 Å². The normalized spacial score (nSPS) is 27.1. The average molecular weight is 436 g/mol. The van der Waals surface area contributed by atoms with E-state index < -0.39 is 0 Å². The van der Waals surface area contributed by atoms with Crippen LogP contribution in [0.15, 0.2) is 18.2 Å². The third-order valence-electron chi connectivity index (χ3n) is 7.64. The molecule has 8 nitrogen and oxygen atoms in total. The maximum atomic E-state index is 5.43. The van der Waals surface area contributed by atoms with E-state index in [4.69, 9.17) is 14.7 Å². The predicted octanol–water partition coefficient (Wildman–Crippen LogP) is 2.05. The van der Waals surface area contributed by atoms with Crippen molar-refractivity contribution in [1.82, 2.24) is 25.7 Å². The van der Waals surface area contributed by atoms with Gasteiger partial charge in [-0.3, -0.25) is 10.9 Å². The first kappa shape index (κ1) is 20.2. The average Bonchev–Trinajstić information content (AvgIpc) is 3.44. The van der Waals surface area contributed by atoms with Crippen molar-refractivity contribution >= 4 is 11.8 Å². The molecule has 1 aliphatic carbocycles. The molecule has 0 amide bonds. The molecule has 2 fully saturated rings. The number of nitrogens with one attached hydrogen (secondary N) is 3. The van der Waals surface area contributed by atoms with Crippen molar-refractivity contribution in [2.45, 2.75) is 57.4 Å². The third-order valence-corrected chi connectivity index (χ3v) is 7.64. The second-order valence-corrected chi connectivity index (χ2v) is 9.82. The Balaban J connectivity index is 1.28. The second-order valence-electron chi connectivity index (χ2n) is 9.82. The van der Waals surface area contributed by atoms with Crippen LogP contribution in [0.25, 0.3) is 0 Å². The quantitative estimate of drug-likeness (QED) is 0.674. The summed E-state index contributed by atoms with van der Waals surface area (Å²) in [5.41, 5.74) is 11.9. The van der Waals surface area contributed by atoms with Gasteiger partial charge < -0.3 is 19.9 Å². The zero-order valence-corrected chi connectivity index (χ0v) is 19.0. The van der Waals surface area contributed by atoms with Crippen LogP contribution in [0, 0.1) is 5.92 Å². The van der Waals surface area contributed by atoms with Crippen LogP contribution in [-0.2, 0) is 26.1 Å². The fourth-order valence-corrected chi connectivity index (χ4v) is 5.77. The minimum absolute atomic E-state index is 0.476. The van der Waals surface area contributed by atoms with Gasteiger partial charge in [0.05, 0.1) is 12.8 Å². The summed E-state index contributed by atoms with van der Waals surface area (Å²) in [6.07, 6.45) is 4.58. The fraction of sp³-hybridized carbons (Fsp3) is 0.583. The molecule has 0 radical (unpaired) electrons. The Hall–Kier alpha value is -2.42. The molecule has 1 aromatic heterocycles. The van der Waals surface area contributed by atoms with E-state index in [9.17, 15) is 0 Å². The van der Waals surface area contributed by atoms with Gasteiger partial charge in [0, 0.05) is 50.4 Å². The van der Waals surface area contributed by atoms with E-state index in [-0.39, 0.29) is 0 Å². The molecule has 1 saturated carbocycles. The highest BCUT2D eigenvalue weighted by Crippen LogP contribution is 2.34. The van der Waals surface area contributed by atoms with Gasteiger partial charge in [0.1, 0.15) is 11.6 Å². The Morgan fingerprint density at radius 2 is 2.03 bits per heavy atom. The van der Waals surface area contributed by atoms with Crippen LogP contribution < -0.4 is 25.8 Å². The van der Waals surface area contributed by atoms with Crippen LogP contribution in [0.2, 0.25) is 0 Å². The van der Waals surface area contributed by atoms with E-state index in [0.717, 1.165) is 56.7 Å². The number of anilines is 2. The van der Waals surface area contributed by atoms with Crippen LogP contribution in [0.5, 0.6) is 5.75 Å². The number of hydrazine groups is 1. The van der Waals surface area contributed by atoms with Crippen molar-refractivity contribution in [1.29, 1.82) is 0 Å². The number of benzene rings is 1. The minimum Gasteiger partial charge on any atom is -0.497 e. The van der Waals surface area contributed by atoms with Gasteiger partial charge in [-0.15, -0.1) is 0 Å². The lowest BCUT2D eigenvalue weighted by Gasteiger charge is -2.33. The molecule has 3 N–H and O–H groups in total. The summed E-state index contributed by atoms with van der Waals surface area (Å²) in [4.78, 5) is 14.8. The van der Waals surface area contributed by atoms with Gasteiger partial charge in [0.15, 0.2) is 0 Å². The van der Waals surface area contributed by atoms with Gasteiger partial charge in [-0.05, 0) is 61.9 Å². The molecule has 3 aliphatic heterocycles. The van der Waals surface area contributed by atoms with Gasteiger partial charge in [0.25, 0.3) is 0 Å². The number of hydrogen-bond donors (Lipinski definition) is 3. The summed E-state index contributed by atoms with van der Waals surface area (Å²) >= 11 is 0. The minimum atomic E-state index is 0.476. The van der Waals surface area contributed by atoms with Crippen LogP contribution in [-0.4, -0.2) is 54.2 Å². The highest BCUT2D eigenvalue weighted by atomic mass is 16.5. The van der Waals surface area contributed by atoms with Gasteiger partial charge in [-0.1, -0.05) is 6.07 Å². The topological polar surface area (TPSA) is 77.6 Å². The maximum absolute atomic E-state index is 5.43. The molecule has 32 heavy (non-hydrogen) atoms. The second kappa shape index (κ2) is 8.17. The lowest BCUT2D eigenvalue weighted by atomic mass is 9.83. The van der Waals surface area contributed by atoms with E-state index in [1.807, 2.05) is 6.07 Å². The molecule has 170 valence electrons. The number of hydrogen-bond acceptors (Lipinski definition) is 8. The molecule has 3 unspecified atom stereocenters. The van der Waals surface area contributed by atoms with Crippen molar-refractivity contribution < 1.29 is 4.74 Å². The van der Waals surface area contributed by atoms with Gasteiger partial charge in [0.2, 0.25) is 5.95 Å². The zero-order valence-electron chi connectivity index (χ0n) is 19.0. The van der Waals surface area contributed by atoms with E-state index in [1.165, 1.54) is 41.6 Å². The summed E-state index contributed by atoms with van der Waals surface area (Å²) < 4.78 is 5.43. The van der Waals surface area contributed by atoms with Crippen molar-refractivity contribution in [3.8, 4) is 5.75 Å². The van der Waals surface area contributed by atoms with E-state index in [0.29, 0.717) is 18.0 Å². The number of rotatable bonds is 4. The van der Waals surface area contributed by atoms with Gasteiger partial charge >= 0.3 is 0 Å². The predicted molar refractivity (Wildman–Crippen MR) is 125 cm³/mol. The summed E-state index contributed by atoms with van der Waals surface area (Å²) in [6, 6.07) is 7.45. The molecule has 1 saturated heterocycles. The van der Waals surface area contributed by atoms with Crippen molar-refractivity contribution in [2.24, 2.45) is 5.92 Å². The molecular weight excluding hydrogens is 402 g/mol. The van der Waals surface area contributed by atoms with Crippen molar-refractivity contribution in [3.05, 3.63) is 40.6 Å². The highest BCUT2D eigenvalue weighted by Gasteiger charge is 2.35. The number of aromatic nitrogens is 2. The number of fused-ring (bicyclic) bond motifs is 3. The molecule has 0 spiro atoms. The molecule has 4 heterocycles. The molecule has 2 aromatic rings. The Bertz CT molecular complexity index is 1010. The molecule has 0 bridgehead atoms. The van der Waals surface area contributed by atoms with Gasteiger partial charge in [-0.2, -0.15) is 4.98 Å². The number of nitrogens with zero attached hydrogens (tertiary/aromatic N) is 4. The first-order valence-corrected chi connectivity index (χ1v) is 11.9. The summed E-state index contributed by atoms with van der Waals surface area (Å²) in [5.74, 6) is 3.52. The van der Waals surface area contributed by atoms with E-state index >= 15 is 0 Å². The lowest BCUT2D eigenvalue weighted by Crippen LogP contribution is -2.39. The standard InChI is InChI=1S/C24H33N7O/c1-30-8-7-20-22(14-30)27-24(31-12-15-3-5-19(32-2)10-17(15)13-31)28-23(20)26-18-4-6-21-16(9-18)11-25-29-21/h3,5,10,16,18,21,25,29H,4,6-9,11-14H2,1-2H3,(H,26,27,28). The SMILES string of the molecule is COc1ccc2c(c1)CN(c1nc3c(c(NC4CCC5NNCC5C4)n1)CCN(C)C3)C2. The summed E-state index contributed by atoms with van der Waals surface area (Å²) in [5, 5.41) is 3.87. The maximum Gasteiger partial charge on any atom is 0.228 e. The number of likely N-dealkylation sites (N-methyl/N-ethyl adjacent to an activating group) is 1. The first-order chi connectivity index (χ1) is 15.7. The Kier molecular flexibility index (Phi) is 5.16. The fourth-order valence-electron chi connectivity index (χ4n) is 5.77. The first-order valence-electron chi connectivity index (χ1n) is 11.9. The largest absolute Gasteiger partial charge is 0.497 e. The summed E-state index contributed by atoms with van der Waals surface area (Å²) in [7, 11) is 3.90. The molecule has 6 rings (SSSR count). The van der Waals surface area contributed by atoms with Crippen molar-refractivity contribution in [3.63, 3.8) is 0 Å². The van der Waals surface area contributed by atoms with Crippen molar-refractivity contribution in [2.75, 3.05) is 37.5 Å². The van der Waals surface area contributed by atoms with Crippen LogP contribution in [0.1, 0.15) is 41.6 Å². The van der Waals surface area contributed by atoms with Crippen LogP contribution in [0.4, 0.5) is 11.8 Å². The Labute approximate surface area is 189 Å². The van der Waals surface area contributed by atoms with Crippen LogP contribution >= 0.6 is 0 Å².